The first kappa shape index (κ1) is 14.6. The number of nitrogens with zero attached hydrogens (tertiary/aromatic N) is 1. The maximum Gasteiger partial charge on any atom is 0.0507 e. The van der Waals surface area contributed by atoms with Gasteiger partial charge >= 0.3 is 0 Å². The number of ether oxygens (including phenoxy) is 1. The van der Waals surface area contributed by atoms with Gasteiger partial charge in [-0.25, -0.2) is 0 Å². The van der Waals surface area contributed by atoms with E-state index >= 15 is 0 Å². The Bertz CT molecular complexity index is 259. The molecule has 1 aliphatic carbocycles. The normalized spacial score (nSPS) is 36.0. The molecule has 2 heterocycles. The van der Waals surface area contributed by atoms with Crippen molar-refractivity contribution in [1.82, 2.24) is 10.2 Å². The molecule has 18 heavy (non-hydrogen) atoms. The first-order chi connectivity index (χ1) is 8.25. The Morgan fingerprint density at radius 2 is 2.17 bits per heavy atom. The van der Waals surface area contributed by atoms with Gasteiger partial charge in [-0.05, 0) is 43.6 Å². The highest BCUT2D eigenvalue weighted by Crippen LogP contribution is 2.34. The van der Waals surface area contributed by atoms with Gasteiger partial charge < -0.3 is 10.1 Å². The van der Waals surface area contributed by atoms with Crippen LogP contribution in [0.25, 0.3) is 0 Å². The SMILES string of the molecule is CC1(CN(CC2CCOC2)C2CC2)CCNC1.Cl. The summed E-state index contributed by atoms with van der Waals surface area (Å²) < 4.78 is 5.51. The van der Waals surface area contributed by atoms with Gasteiger partial charge in [-0.3, -0.25) is 4.90 Å². The molecule has 0 aromatic carbocycles. The van der Waals surface area contributed by atoms with Gasteiger partial charge in [-0.1, -0.05) is 6.92 Å². The maximum atomic E-state index is 5.51. The number of hydrogen-bond donors (Lipinski definition) is 1. The smallest absolute Gasteiger partial charge is 0.0507 e. The summed E-state index contributed by atoms with van der Waals surface area (Å²) in [4.78, 5) is 2.77. The lowest BCUT2D eigenvalue weighted by molar-refractivity contribution is 0.132. The molecule has 3 rings (SSSR count). The molecule has 0 bridgehead atoms. The molecule has 1 saturated carbocycles. The highest BCUT2D eigenvalue weighted by molar-refractivity contribution is 5.85. The average molecular weight is 275 g/mol. The number of nitrogens with one attached hydrogen (secondary N) is 1. The molecule has 1 N–H and O–H groups in total. The summed E-state index contributed by atoms with van der Waals surface area (Å²) in [6.07, 6.45) is 5.48. The van der Waals surface area contributed by atoms with E-state index in [9.17, 15) is 0 Å². The lowest BCUT2D eigenvalue weighted by Crippen LogP contribution is -2.41. The van der Waals surface area contributed by atoms with Crippen molar-refractivity contribution in [2.24, 2.45) is 11.3 Å². The fourth-order valence-corrected chi connectivity index (χ4v) is 3.34. The molecule has 2 unspecified atom stereocenters. The summed E-state index contributed by atoms with van der Waals surface area (Å²) in [5, 5.41) is 3.52. The van der Waals surface area contributed by atoms with Gasteiger partial charge in [-0.15, -0.1) is 12.4 Å². The second-order valence-corrected chi connectivity index (χ2v) is 6.63. The quantitative estimate of drug-likeness (QED) is 0.829. The summed E-state index contributed by atoms with van der Waals surface area (Å²) in [7, 11) is 0. The van der Waals surface area contributed by atoms with E-state index in [-0.39, 0.29) is 12.4 Å². The van der Waals surface area contributed by atoms with Crippen molar-refractivity contribution in [3.05, 3.63) is 0 Å². The summed E-state index contributed by atoms with van der Waals surface area (Å²) in [6, 6.07) is 0.896. The third-order valence-corrected chi connectivity index (χ3v) is 4.62. The molecular weight excluding hydrogens is 248 g/mol. The fraction of sp³-hybridized carbons (Fsp3) is 1.00. The van der Waals surface area contributed by atoms with E-state index < -0.39 is 0 Å². The second kappa shape index (κ2) is 6.08. The van der Waals surface area contributed by atoms with Crippen molar-refractivity contribution < 1.29 is 4.74 Å². The van der Waals surface area contributed by atoms with Gasteiger partial charge in [0.15, 0.2) is 0 Å². The van der Waals surface area contributed by atoms with E-state index in [4.69, 9.17) is 4.74 Å². The van der Waals surface area contributed by atoms with Gasteiger partial charge in [0.05, 0.1) is 6.61 Å². The minimum absolute atomic E-state index is 0. The van der Waals surface area contributed by atoms with Crippen LogP contribution in [0.3, 0.4) is 0 Å². The first-order valence-electron chi connectivity index (χ1n) is 7.28. The molecule has 3 nitrogen and oxygen atoms in total. The van der Waals surface area contributed by atoms with Gasteiger partial charge in [0, 0.05) is 32.3 Å². The van der Waals surface area contributed by atoms with Crippen LogP contribution >= 0.6 is 12.4 Å². The molecule has 2 saturated heterocycles. The molecule has 3 fully saturated rings. The van der Waals surface area contributed by atoms with E-state index in [1.807, 2.05) is 0 Å². The lowest BCUT2D eigenvalue weighted by Gasteiger charge is -2.33. The van der Waals surface area contributed by atoms with Crippen molar-refractivity contribution in [2.45, 2.75) is 38.6 Å². The summed E-state index contributed by atoms with van der Waals surface area (Å²) in [5.74, 6) is 0.800. The summed E-state index contributed by atoms with van der Waals surface area (Å²) in [5.41, 5.74) is 0.516. The Morgan fingerprint density at radius 3 is 2.72 bits per heavy atom. The molecule has 4 heteroatoms. The Morgan fingerprint density at radius 1 is 1.33 bits per heavy atom. The monoisotopic (exact) mass is 274 g/mol. The minimum atomic E-state index is 0. The van der Waals surface area contributed by atoms with Crippen LogP contribution in [0, 0.1) is 11.3 Å². The van der Waals surface area contributed by atoms with Crippen LogP contribution in [0.5, 0.6) is 0 Å². The number of hydrogen-bond acceptors (Lipinski definition) is 3. The zero-order chi connectivity index (χ0) is 11.7. The Labute approximate surface area is 117 Å². The van der Waals surface area contributed by atoms with E-state index in [0.29, 0.717) is 5.41 Å². The first-order valence-corrected chi connectivity index (χ1v) is 7.28. The zero-order valence-electron chi connectivity index (χ0n) is 11.5. The van der Waals surface area contributed by atoms with E-state index in [2.05, 4.69) is 17.1 Å². The lowest BCUT2D eigenvalue weighted by atomic mass is 9.88. The molecular formula is C14H27ClN2O. The van der Waals surface area contributed by atoms with Crippen molar-refractivity contribution in [1.29, 1.82) is 0 Å². The van der Waals surface area contributed by atoms with Crippen LogP contribution in [-0.2, 0) is 4.74 Å². The van der Waals surface area contributed by atoms with Crippen molar-refractivity contribution in [3.8, 4) is 0 Å². The molecule has 106 valence electrons. The molecule has 0 aromatic heterocycles. The van der Waals surface area contributed by atoms with Gasteiger partial charge in [0.1, 0.15) is 0 Å². The van der Waals surface area contributed by atoms with E-state index in [0.717, 1.165) is 25.2 Å². The third-order valence-electron chi connectivity index (χ3n) is 4.62. The third kappa shape index (κ3) is 3.60. The van der Waals surface area contributed by atoms with Gasteiger partial charge in [0.2, 0.25) is 0 Å². The number of rotatable bonds is 5. The minimum Gasteiger partial charge on any atom is -0.381 e. The standard InChI is InChI=1S/C14H26N2O.ClH/c1-14(5-6-15-10-14)11-16(13-2-3-13)8-12-4-7-17-9-12;/h12-13,15H,2-11H2,1H3;1H. The molecule has 3 aliphatic rings. The van der Waals surface area contributed by atoms with Crippen LogP contribution in [0.4, 0.5) is 0 Å². The van der Waals surface area contributed by atoms with Crippen LogP contribution in [-0.4, -0.2) is 50.3 Å². The number of halogens is 1. The maximum absolute atomic E-state index is 5.51. The van der Waals surface area contributed by atoms with Gasteiger partial charge in [-0.2, -0.15) is 0 Å². The molecule has 0 spiro atoms. The molecule has 2 atom stereocenters. The van der Waals surface area contributed by atoms with E-state index in [1.54, 1.807) is 0 Å². The van der Waals surface area contributed by atoms with Crippen LogP contribution in [0.2, 0.25) is 0 Å². The summed E-state index contributed by atoms with van der Waals surface area (Å²) in [6.45, 7) is 9.42. The largest absolute Gasteiger partial charge is 0.381 e. The van der Waals surface area contributed by atoms with Gasteiger partial charge in [0.25, 0.3) is 0 Å². The van der Waals surface area contributed by atoms with Crippen molar-refractivity contribution in [2.75, 3.05) is 39.4 Å². The average Bonchev–Trinajstić information content (AvgIpc) is 2.88. The topological polar surface area (TPSA) is 24.5 Å². The Hall–Kier alpha value is 0.170. The van der Waals surface area contributed by atoms with Crippen molar-refractivity contribution in [3.63, 3.8) is 0 Å². The predicted octanol–water partition coefficient (Wildman–Crippen LogP) is 1.91. The molecule has 0 radical (unpaired) electrons. The Balaban J connectivity index is 0.00000120. The molecule has 0 amide bonds. The highest BCUT2D eigenvalue weighted by atomic mass is 35.5. The summed E-state index contributed by atoms with van der Waals surface area (Å²) >= 11 is 0. The van der Waals surface area contributed by atoms with Crippen molar-refractivity contribution >= 4 is 12.4 Å². The Kier molecular flexibility index (Phi) is 4.92. The fourth-order valence-electron chi connectivity index (χ4n) is 3.34. The van der Waals surface area contributed by atoms with Crippen LogP contribution < -0.4 is 5.32 Å². The van der Waals surface area contributed by atoms with Crippen LogP contribution in [0.15, 0.2) is 0 Å². The highest BCUT2D eigenvalue weighted by Gasteiger charge is 2.37. The predicted molar refractivity (Wildman–Crippen MR) is 76.4 cm³/mol. The second-order valence-electron chi connectivity index (χ2n) is 6.63. The molecule has 0 aromatic rings. The van der Waals surface area contributed by atoms with E-state index in [1.165, 1.54) is 51.9 Å². The zero-order valence-corrected chi connectivity index (χ0v) is 12.3. The van der Waals surface area contributed by atoms with Crippen LogP contribution in [0.1, 0.15) is 32.6 Å². The molecule has 2 aliphatic heterocycles.